The van der Waals surface area contributed by atoms with Crippen molar-refractivity contribution in [1.82, 2.24) is 9.66 Å². The molecule has 8 heteroatoms. The fourth-order valence-electron chi connectivity index (χ4n) is 3.25. The molecule has 1 heterocycles. The van der Waals surface area contributed by atoms with E-state index in [0.29, 0.717) is 28.0 Å². The quantitative estimate of drug-likeness (QED) is 0.386. The molecule has 33 heavy (non-hydrogen) atoms. The van der Waals surface area contributed by atoms with Gasteiger partial charge in [0.15, 0.2) is 6.61 Å². The van der Waals surface area contributed by atoms with Crippen molar-refractivity contribution in [3.05, 3.63) is 98.5 Å². The second-order valence-electron chi connectivity index (χ2n) is 7.41. The van der Waals surface area contributed by atoms with Gasteiger partial charge in [-0.15, -0.1) is 0 Å². The van der Waals surface area contributed by atoms with Gasteiger partial charge in [0.05, 0.1) is 17.1 Å². The van der Waals surface area contributed by atoms with Crippen molar-refractivity contribution < 1.29 is 9.53 Å². The van der Waals surface area contributed by atoms with E-state index in [9.17, 15) is 9.59 Å². The number of hydrogen-bond donors (Lipinski definition) is 1. The average molecular weight is 505 g/mol. The van der Waals surface area contributed by atoms with Crippen LogP contribution in [0.15, 0.2) is 81.1 Å². The second kappa shape index (κ2) is 9.79. The minimum atomic E-state index is -0.254. The summed E-state index contributed by atoms with van der Waals surface area (Å²) in [7, 11) is 0. The van der Waals surface area contributed by atoms with Gasteiger partial charge < -0.3 is 10.1 Å². The van der Waals surface area contributed by atoms with Crippen LogP contribution in [0.2, 0.25) is 0 Å². The molecule has 0 fully saturated rings. The first-order chi connectivity index (χ1) is 15.9. The molecule has 0 saturated heterocycles. The van der Waals surface area contributed by atoms with Crippen LogP contribution < -0.4 is 15.6 Å². The van der Waals surface area contributed by atoms with Crippen LogP contribution in [0.5, 0.6) is 5.75 Å². The third-order valence-electron chi connectivity index (χ3n) is 4.94. The van der Waals surface area contributed by atoms with E-state index in [2.05, 4.69) is 31.3 Å². The van der Waals surface area contributed by atoms with Gasteiger partial charge in [-0.05, 0) is 61.4 Å². The maximum absolute atomic E-state index is 12.9. The number of nitrogens with one attached hydrogen (secondary N) is 1. The van der Waals surface area contributed by atoms with Gasteiger partial charge in [0.25, 0.3) is 11.5 Å². The third-order valence-corrected chi connectivity index (χ3v) is 5.43. The SMILES string of the molecule is Cc1ccccc1NC(=O)COc1cccc(C=Nn2c(C)nc3ccc(Br)cc3c2=O)c1. The Labute approximate surface area is 198 Å². The number of rotatable bonds is 6. The molecule has 0 aliphatic rings. The number of fused-ring (bicyclic) bond motifs is 1. The lowest BCUT2D eigenvalue weighted by Crippen LogP contribution is -2.21. The van der Waals surface area contributed by atoms with Gasteiger partial charge in [-0.25, -0.2) is 4.98 Å². The number of carbonyl (C=O) groups excluding carboxylic acids is 1. The number of carbonyl (C=O) groups is 1. The lowest BCUT2D eigenvalue weighted by molar-refractivity contribution is -0.118. The maximum atomic E-state index is 12.9. The van der Waals surface area contributed by atoms with Crippen molar-refractivity contribution in [3.63, 3.8) is 0 Å². The summed E-state index contributed by atoms with van der Waals surface area (Å²) in [6.07, 6.45) is 1.56. The summed E-state index contributed by atoms with van der Waals surface area (Å²) in [4.78, 5) is 29.5. The minimum Gasteiger partial charge on any atom is -0.484 e. The smallest absolute Gasteiger partial charge is 0.282 e. The molecule has 0 atom stereocenters. The Morgan fingerprint density at radius 1 is 1.12 bits per heavy atom. The van der Waals surface area contributed by atoms with Gasteiger partial charge in [0.1, 0.15) is 11.6 Å². The van der Waals surface area contributed by atoms with Crippen molar-refractivity contribution in [1.29, 1.82) is 0 Å². The first kappa shape index (κ1) is 22.4. The lowest BCUT2D eigenvalue weighted by Gasteiger charge is -2.10. The Morgan fingerprint density at radius 3 is 2.76 bits per heavy atom. The van der Waals surface area contributed by atoms with E-state index < -0.39 is 0 Å². The normalized spacial score (nSPS) is 11.1. The van der Waals surface area contributed by atoms with Crippen LogP contribution in [0.1, 0.15) is 17.0 Å². The van der Waals surface area contributed by atoms with E-state index in [4.69, 9.17) is 4.74 Å². The van der Waals surface area contributed by atoms with Crippen LogP contribution in [0.3, 0.4) is 0 Å². The molecule has 0 unspecified atom stereocenters. The lowest BCUT2D eigenvalue weighted by atomic mass is 10.2. The van der Waals surface area contributed by atoms with Crippen molar-refractivity contribution >= 4 is 44.6 Å². The first-order valence-corrected chi connectivity index (χ1v) is 11.0. The number of nitrogens with zero attached hydrogens (tertiary/aromatic N) is 3. The highest BCUT2D eigenvalue weighted by Crippen LogP contribution is 2.17. The second-order valence-corrected chi connectivity index (χ2v) is 8.32. The van der Waals surface area contributed by atoms with Crippen LogP contribution in [0, 0.1) is 13.8 Å². The fraction of sp³-hybridized carbons (Fsp3) is 0.120. The van der Waals surface area contributed by atoms with Crippen LogP contribution in [-0.4, -0.2) is 28.4 Å². The fourth-order valence-corrected chi connectivity index (χ4v) is 3.61. The number of ether oxygens (including phenoxy) is 1. The molecule has 1 aromatic heterocycles. The number of aromatic nitrogens is 2. The molecule has 1 N–H and O–H groups in total. The van der Waals surface area contributed by atoms with Gasteiger partial charge in [-0.1, -0.05) is 46.3 Å². The predicted octanol–water partition coefficient (Wildman–Crippen LogP) is 4.68. The van der Waals surface area contributed by atoms with Crippen molar-refractivity contribution in [2.75, 3.05) is 11.9 Å². The van der Waals surface area contributed by atoms with Crippen LogP contribution in [0.4, 0.5) is 5.69 Å². The number of anilines is 1. The third kappa shape index (κ3) is 5.35. The summed E-state index contributed by atoms with van der Waals surface area (Å²) in [5.41, 5.74) is 2.81. The van der Waals surface area contributed by atoms with Crippen LogP contribution in [0.25, 0.3) is 10.9 Å². The first-order valence-electron chi connectivity index (χ1n) is 10.2. The summed E-state index contributed by atoms with van der Waals surface area (Å²) in [5.74, 6) is 0.744. The van der Waals surface area contributed by atoms with E-state index in [1.54, 1.807) is 43.5 Å². The standard InChI is InChI=1S/C25H21BrN4O3/c1-16-6-3-4-9-22(16)29-24(31)15-33-20-8-5-7-18(12-20)14-27-30-17(2)28-23-11-10-19(26)13-21(23)25(30)32/h3-14H,15H2,1-2H3,(H,29,31). The zero-order valence-electron chi connectivity index (χ0n) is 18.1. The summed E-state index contributed by atoms with van der Waals surface area (Å²) in [6, 6.07) is 20.0. The number of hydrogen-bond acceptors (Lipinski definition) is 5. The van der Waals surface area contributed by atoms with Gasteiger partial charge >= 0.3 is 0 Å². The van der Waals surface area contributed by atoms with Gasteiger partial charge in [-0.3, -0.25) is 9.59 Å². The van der Waals surface area contributed by atoms with E-state index >= 15 is 0 Å². The van der Waals surface area contributed by atoms with Crippen molar-refractivity contribution in [2.45, 2.75) is 13.8 Å². The van der Waals surface area contributed by atoms with Gasteiger partial charge in [-0.2, -0.15) is 9.78 Å². The molecule has 3 aromatic carbocycles. The highest BCUT2D eigenvalue weighted by molar-refractivity contribution is 9.10. The number of aryl methyl sites for hydroxylation is 2. The topological polar surface area (TPSA) is 85.6 Å². The largest absolute Gasteiger partial charge is 0.484 e. The van der Waals surface area contributed by atoms with Crippen LogP contribution in [-0.2, 0) is 4.79 Å². The Kier molecular flexibility index (Phi) is 6.65. The molecular weight excluding hydrogens is 484 g/mol. The highest BCUT2D eigenvalue weighted by Gasteiger charge is 2.08. The molecule has 7 nitrogen and oxygen atoms in total. The Morgan fingerprint density at radius 2 is 1.94 bits per heavy atom. The zero-order valence-corrected chi connectivity index (χ0v) is 19.7. The maximum Gasteiger partial charge on any atom is 0.282 e. The molecule has 0 aliphatic carbocycles. The summed E-state index contributed by atoms with van der Waals surface area (Å²) in [5, 5.41) is 7.63. The summed E-state index contributed by atoms with van der Waals surface area (Å²) >= 11 is 3.38. The Hall–Kier alpha value is -3.78. The van der Waals surface area contributed by atoms with Crippen LogP contribution >= 0.6 is 15.9 Å². The van der Waals surface area contributed by atoms with E-state index in [1.807, 2.05) is 43.3 Å². The predicted molar refractivity (Wildman–Crippen MR) is 133 cm³/mol. The monoisotopic (exact) mass is 504 g/mol. The minimum absolute atomic E-state index is 0.128. The molecule has 166 valence electrons. The molecule has 0 saturated carbocycles. The van der Waals surface area contributed by atoms with Crippen molar-refractivity contribution in [3.8, 4) is 5.75 Å². The number of halogens is 1. The molecule has 0 spiro atoms. The molecule has 0 bridgehead atoms. The molecule has 1 amide bonds. The molecular formula is C25H21BrN4O3. The molecule has 4 rings (SSSR count). The molecule has 0 aliphatic heterocycles. The van der Waals surface area contributed by atoms with Gasteiger partial charge in [0, 0.05) is 10.2 Å². The summed E-state index contributed by atoms with van der Waals surface area (Å²) in [6.45, 7) is 3.53. The van der Waals surface area contributed by atoms with E-state index in [0.717, 1.165) is 15.7 Å². The van der Waals surface area contributed by atoms with Crippen molar-refractivity contribution in [2.24, 2.45) is 5.10 Å². The average Bonchev–Trinajstić information content (AvgIpc) is 2.80. The van der Waals surface area contributed by atoms with Gasteiger partial charge in [0.2, 0.25) is 0 Å². The van der Waals surface area contributed by atoms with E-state index in [-0.39, 0.29) is 18.1 Å². The Bertz CT molecular complexity index is 1430. The summed E-state index contributed by atoms with van der Waals surface area (Å²) < 4.78 is 7.69. The highest BCUT2D eigenvalue weighted by atomic mass is 79.9. The number of benzene rings is 3. The zero-order chi connectivity index (χ0) is 23.4. The number of para-hydroxylation sites is 1. The van der Waals surface area contributed by atoms with E-state index in [1.165, 1.54) is 4.68 Å². The molecule has 4 aromatic rings. The number of amides is 1. The molecule has 0 radical (unpaired) electrons. The Balaban J connectivity index is 1.48.